The molecule has 2 nitrogen and oxygen atoms in total. The van der Waals surface area contributed by atoms with Crippen molar-refractivity contribution in [1.29, 1.82) is 0 Å². The molecule has 0 heterocycles. The lowest BCUT2D eigenvalue weighted by atomic mass is 9.93. The van der Waals surface area contributed by atoms with Crippen molar-refractivity contribution in [3.8, 4) is 5.75 Å². The zero-order valence-corrected chi connectivity index (χ0v) is 15.0. The molecule has 0 aliphatic carbocycles. The fourth-order valence-electron chi connectivity index (χ4n) is 2.69. The SMILES string of the molecule is CCC(=CCC(C)C(=O)c1cccc(F)c1)c1ccc(OC(F)(F)F)cc1. The Kier molecular flexibility index (Phi) is 6.77. The van der Waals surface area contributed by atoms with Crippen molar-refractivity contribution in [3.05, 3.63) is 71.6 Å². The van der Waals surface area contributed by atoms with Gasteiger partial charge in [-0.05, 0) is 48.2 Å². The number of ketones is 1. The van der Waals surface area contributed by atoms with Crippen LogP contribution in [-0.4, -0.2) is 12.1 Å². The third-order valence-corrected chi connectivity index (χ3v) is 4.11. The van der Waals surface area contributed by atoms with Gasteiger partial charge in [0.1, 0.15) is 11.6 Å². The molecule has 0 saturated carbocycles. The number of hydrogen-bond acceptors (Lipinski definition) is 2. The van der Waals surface area contributed by atoms with Crippen LogP contribution in [0.3, 0.4) is 0 Å². The number of halogens is 4. The van der Waals surface area contributed by atoms with Gasteiger partial charge in [0, 0.05) is 11.5 Å². The summed E-state index contributed by atoms with van der Waals surface area (Å²) >= 11 is 0. The fraction of sp³-hybridized carbons (Fsp3) is 0.286. The van der Waals surface area contributed by atoms with E-state index in [9.17, 15) is 22.4 Å². The third kappa shape index (κ3) is 6.24. The molecule has 0 radical (unpaired) electrons. The smallest absolute Gasteiger partial charge is 0.406 e. The molecule has 6 heteroatoms. The zero-order valence-electron chi connectivity index (χ0n) is 15.0. The minimum atomic E-state index is -4.72. The molecule has 1 atom stereocenters. The molecule has 2 aromatic carbocycles. The summed E-state index contributed by atoms with van der Waals surface area (Å²) in [7, 11) is 0. The normalized spacial score (nSPS) is 13.3. The molecule has 0 amide bonds. The molecule has 1 unspecified atom stereocenters. The molecule has 0 saturated heterocycles. The minimum Gasteiger partial charge on any atom is -0.406 e. The number of alkyl halides is 3. The summed E-state index contributed by atoms with van der Waals surface area (Å²) in [6, 6.07) is 11.2. The Morgan fingerprint density at radius 2 is 1.78 bits per heavy atom. The molecule has 144 valence electrons. The number of rotatable bonds is 7. The Labute approximate surface area is 155 Å². The van der Waals surface area contributed by atoms with Crippen molar-refractivity contribution in [2.75, 3.05) is 0 Å². The van der Waals surface area contributed by atoms with Crippen LogP contribution in [0.15, 0.2) is 54.6 Å². The van der Waals surface area contributed by atoms with Gasteiger partial charge >= 0.3 is 6.36 Å². The van der Waals surface area contributed by atoms with Crippen LogP contribution < -0.4 is 4.74 Å². The van der Waals surface area contributed by atoms with Gasteiger partial charge in [0.2, 0.25) is 0 Å². The first kappa shape index (κ1) is 20.7. The van der Waals surface area contributed by atoms with Crippen molar-refractivity contribution < 1.29 is 27.1 Å². The van der Waals surface area contributed by atoms with E-state index in [0.717, 1.165) is 11.1 Å². The Balaban J connectivity index is 2.08. The highest BCUT2D eigenvalue weighted by molar-refractivity contribution is 5.97. The van der Waals surface area contributed by atoms with Gasteiger partial charge in [-0.3, -0.25) is 4.79 Å². The highest BCUT2D eigenvalue weighted by atomic mass is 19.4. The van der Waals surface area contributed by atoms with Gasteiger partial charge in [0.05, 0.1) is 0 Å². The predicted octanol–water partition coefficient (Wildman–Crippen LogP) is 6.43. The summed E-state index contributed by atoms with van der Waals surface area (Å²) in [6.07, 6.45) is -1.74. The van der Waals surface area contributed by atoms with Crippen LogP contribution in [0.1, 0.15) is 42.6 Å². The summed E-state index contributed by atoms with van der Waals surface area (Å²) in [5.74, 6) is -1.24. The van der Waals surface area contributed by atoms with Crippen LogP contribution in [0.5, 0.6) is 5.75 Å². The number of ether oxygens (including phenoxy) is 1. The number of hydrogen-bond donors (Lipinski definition) is 0. The van der Waals surface area contributed by atoms with E-state index in [2.05, 4.69) is 4.74 Å². The molecule has 0 bridgehead atoms. The number of benzene rings is 2. The number of Topliss-reactive ketones (excluding diaryl/α,β-unsaturated/α-hetero) is 1. The Bertz CT molecular complexity index is 808. The van der Waals surface area contributed by atoms with E-state index >= 15 is 0 Å². The second-order valence-electron chi connectivity index (χ2n) is 6.17. The molecule has 0 N–H and O–H groups in total. The molecule has 2 aromatic rings. The van der Waals surface area contributed by atoms with Gasteiger partial charge in [-0.2, -0.15) is 0 Å². The lowest BCUT2D eigenvalue weighted by Crippen LogP contribution is -2.17. The molecule has 0 aliphatic rings. The number of allylic oxidation sites excluding steroid dienone is 2. The first-order chi connectivity index (χ1) is 12.7. The molecule has 2 rings (SSSR count). The van der Waals surface area contributed by atoms with E-state index in [1.165, 1.54) is 30.3 Å². The molecule has 0 aromatic heterocycles. The van der Waals surface area contributed by atoms with Crippen LogP contribution >= 0.6 is 0 Å². The largest absolute Gasteiger partial charge is 0.573 e. The van der Waals surface area contributed by atoms with E-state index < -0.39 is 12.2 Å². The number of carbonyl (C=O) groups excluding carboxylic acids is 1. The van der Waals surface area contributed by atoms with Crippen LogP contribution in [-0.2, 0) is 0 Å². The highest BCUT2D eigenvalue weighted by Gasteiger charge is 2.30. The summed E-state index contributed by atoms with van der Waals surface area (Å²) in [5.41, 5.74) is 1.99. The maximum absolute atomic E-state index is 13.3. The predicted molar refractivity (Wildman–Crippen MR) is 95.9 cm³/mol. The van der Waals surface area contributed by atoms with Crippen LogP contribution in [0, 0.1) is 11.7 Å². The molecule has 0 spiro atoms. The van der Waals surface area contributed by atoms with E-state index in [4.69, 9.17) is 0 Å². The van der Waals surface area contributed by atoms with E-state index in [0.29, 0.717) is 18.4 Å². The molecular weight excluding hydrogens is 360 g/mol. The maximum Gasteiger partial charge on any atom is 0.573 e. The average Bonchev–Trinajstić information content (AvgIpc) is 2.61. The zero-order chi connectivity index (χ0) is 20.0. The van der Waals surface area contributed by atoms with Crippen molar-refractivity contribution in [3.63, 3.8) is 0 Å². The van der Waals surface area contributed by atoms with Crippen LogP contribution in [0.4, 0.5) is 17.6 Å². The van der Waals surface area contributed by atoms with Crippen molar-refractivity contribution in [2.24, 2.45) is 5.92 Å². The topological polar surface area (TPSA) is 26.3 Å². The summed E-state index contributed by atoms with van der Waals surface area (Å²) < 4.78 is 53.8. The van der Waals surface area contributed by atoms with Gasteiger partial charge in [0.15, 0.2) is 5.78 Å². The van der Waals surface area contributed by atoms with Gasteiger partial charge in [-0.25, -0.2) is 4.39 Å². The monoisotopic (exact) mass is 380 g/mol. The second-order valence-corrected chi connectivity index (χ2v) is 6.17. The molecule has 0 aliphatic heterocycles. The summed E-state index contributed by atoms with van der Waals surface area (Å²) in [6.45, 7) is 3.68. The van der Waals surface area contributed by atoms with Gasteiger partial charge in [-0.1, -0.05) is 44.2 Å². The average molecular weight is 380 g/mol. The van der Waals surface area contributed by atoms with Gasteiger partial charge in [-0.15, -0.1) is 13.2 Å². The minimum absolute atomic E-state index is 0.157. The summed E-state index contributed by atoms with van der Waals surface area (Å²) in [4.78, 5) is 12.4. The van der Waals surface area contributed by atoms with E-state index in [1.54, 1.807) is 25.1 Å². The first-order valence-electron chi connectivity index (χ1n) is 8.54. The fourth-order valence-corrected chi connectivity index (χ4v) is 2.69. The lowest BCUT2D eigenvalue weighted by Gasteiger charge is -2.12. The molecular formula is C21H20F4O2. The standard InChI is InChI=1S/C21H20F4O2/c1-3-15(16-9-11-19(12-10-16)27-21(23,24)25)8-7-14(2)20(26)17-5-4-6-18(22)13-17/h4-6,8-14H,3,7H2,1-2H3. The van der Waals surface area contributed by atoms with Gasteiger partial charge < -0.3 is 4.74 Å². The van der Waals surface area contributed by atoms with Crippen LogP contribution in [0.2, 0.25) is 0 Å². The Hall–Kier alpha value is -2.63. The molecule has 27 heavy (non-hydrogen) atoms. The Morgan fingerprint density at radius 1 is 1.11 bits per heavy atom. The third-order valence-electron chi connectivity index (χ3n) is 4.11. The first-order valence-corrected chi connectivity index (χ1v) is 8.54. The summed E-state index contributed by atoms with van der Waals surface area (Å²) in [5, 5.41) is 0. The van der Waals surface area contributed by atoms with Gasteiger partial charge in [0.25, 0.3) is 0 Å². The highest BCUT2D eigenvalue weighted by Crippen LogP contribution is 2.26. The van der Waals surface area contributed by atoms with Crippen molar-refractivity contribution in [2.45, 2.75) is 33.1 Å². The second kappa shape index (κ2) is 8.84. The van der Waals surface area contributed by atoms with E-state index in [1.807, 2.05) is 13.0 Å². The molecule has 0 fully saturated rings. The Morgan fingerprint density at radius 3 is 2.33 bits per heavy atom. The van der Waals surface area contributed by atoms with Crippen molar-refractivity contribution >= 4 is 11.4 Å². The van der Waals surface area contributed by atoms with Crippen molar-refractivity contribution in [1.82, 2.24) is 0 Å². The quantitative estimate of drug-likeness (QED) is 0.409. The maximum atomic E-state index is 13.3. The van der Waals surface area contributed by atoms with Crippen LogP contribution in [0.25, 0.3) is 5.57 Å². The number of carbonyl (C=O) groups is 1. The van der Waals surface area contributed by atoms with E-state index in [-0.39, 0.29) is 17.5 Å². The lowest BCUT2D eigenvalue weighted by molar-refractivity contribution is -0.274.